The third kappa shape index (κ3) is 4.29. The number of furan rings is 1. The molecule has 1 aliphatic carbocycles. The summed E-state index contributed by atoms with van der Waals surface area (Å²) in [6.45, 7) is 4.60. The van der Waals surface area contributed by atoms with Crippen molar-refractivity contribution >= 4 is 15.1 Å². The lowest BCUT2D eigenvalue weighted by Crippen LogP contribution is -2.32. The summed E-state index contributed by atoms with van der Waals surface area (Å²) in [5.41, 5.74) is 0. The summed E-state index contributed by atoms with van der Waals surface area (Å²) >= 11 is 0. The van der Waals surface area contributed by atoms with E-state index in [4.69, 9.17) is 8.84 Å². The van der Waals surface area contributed by atoms with E-state index in [0.29, 0.717) is 6.10 Å². The molecule has 1 aliphatic rings. The monoisotopic (exact) mass is 266 g/mol. The molecule has 0 aliphatic heterocycles. The highest BCUT2D eigenvalue weighted by Crippen LogP contribution is 2.30. The molecule has 0 bridgehead atoms. The van der Waals surface area contributed by atoms with Crippen LogP contribution in [0.3, 0.4) is 0 Å². The summed E-state index contributed by atoms with van der Waals surface area (Å²) in [7, 11) is -0.671. The minimum atomic E-state index is -0.671. The van der Waals surface area contributed by atoms with Gasteiger partial charge in [-0.05, 0) is 43.2 Å². The molecule has 1 saturated carbocycles. The summed E-state index contributed by atoms with van der Waals surface area (Å²) in [5.74, 6) is 1.52. The summed E-state index contributed by atoms with van der Waals surface area (Å²) in [4.78, 5) is 0. The Kier molecular flexibility index (Phi) is 5.51. The van der Waals surface area contributed by atoms with Gasteiger partial charge in [-0.3, -0.25) is 0 Å². The van der Waals surface area contributed by atoms with Crippen molar-refractivity contribution in [1.29, 1.82) is 0 Å². The molecule has 0 N–H and O–H groups in total. The summed E-state index contributed by atoms with van der Waals surface area (Å²) in [6.07, 6.45) is 10.4. The van der Waals surface area contributed by atoms with Crippen molar-refractivity contribution in [3.63, 3.8) is 0 Å². The van der Waals surface area contributed by atoms with Gasteiger partial charge in [0.25, 0.3) is 0 Å². The standard InChI is InChI=1S/C15H26O2Si/c1-12(2)11-14(13-7-4-3-5-8-13)17-18-15-9-6-10-16-15/h6,9-10,12-14H,3-5,7-8,11,18H2,1-2H3. The molecule has 0 radical (unpaired) electrons. The molecule has 0 saturated heterocycles. The van der Waals surface area contributed by atoms with Crippen LogP contribution in [-0.4, -0.2) is 15.9 Å². The van der Waals surface area contributed by atoms with Gasteiger partial charge in [0.2, 0.25) is 9.76 Å². The van der Waals surface area contributed by atoms with E-state index < -0.39 is 9.76 Å². The van der Waals surface area contributed by atoms with E-state index in [1.165, 1.54) is 38.5 Å². The van der Waals surface area contributed by atoms with Crippen molar-refractivity contribution < 1.29 is 8.84 Å². The zero-order valence-electron chi connectivity index (χ0n) is 11.7. The molecule has 1 heterocycles. The fourth-order valence-corrected chi connectivity index (χ4v) is 4.13. The number of hydrogen-bond acceptors (Lipinski definition) is 2. The van der Waals surface area contributed by atoms with E-state index in [1.807, 2.05) is 6.07 Å². The average molecular weight is 266 g/mol. The Morgan fingerprint density at radius 1 is 1.33 bits per heavy atom. The van der Waals surface area contributed by atoms with Crippen LogP contribution in [0, 0.1) is 11.8 Å². The van der Waals surface area contributed by atoms with Crippen LogP contribution in [0.1, 0.15) is 52.4 Å². The number of rotatable bonds is 6. The second kappa shape index (κ2) is 7.15. The summed E-state index contributed by atoms with van der Waals surface area (Å²) in [6, 6.07) is 4.02. The predicted molar refractivity (Wildman–Crippen MR) is 77.8 cm³/mol. The quantitative estimate of drug-likeness (QED) is 0.739. The summed E-state index contributed by atoms with van der Waals surface area (Å²) in [5, 5.41) is 1.08. The van der Waals surface area contributed by atoms with Gasteiger partial charge in [-0.2, -0.15) is 0 Å². The van der Waals surface area contributed by atoms with Crippen LogP contribution in [0.5, 0.6) is 0 Å². The normalized spacial score (nSPS) is 19.9. The molecule has 3 heteroatoms. The fraction of sp³-hybridized carbons (Fsp3) is 0.733. The second-order valence-corrected chi connectivity index (χ2v) is 7.28. The molecule has 1 atom stereocenters. The zero-order valence-corrected chi connectivity index (χ0v) is 13.1. The zero-order chi connectivity index (χ0) is 12.8. The Hall–Kier alpha value is -0.543. The van der Waals surface area contributed by atoms with Gasteiger partial charge in [-0.15, -0.1) is 0 Å². The molecule has 1 aromatic rings. The molecular weight excluding hydrogens is 240 g/mol. The van der Waals surface area contributed by atoms with Gasteiger partial charge in [-0.1, -0.05) is 33.1 Å². The number of hydrogen-bond donors (Lipinski definition) is 0. The van der Waals surface area contributed by atoms with Crippen LogP contribution < -0.4 is 5.38 Å². The largest absolute Gasteiger partial charge is 0.472 e. The van der Waals surface area contributed by atoms with Crippen LogP contribution in [-0.2, 0) is 4.43 Å². The molecule has 18 heavy (non-hydrogen) atoms. The molecule has 2 rings (SSSR count). The van der Waals surface area contributed by atoms with Gasteiger partial charge in [0.1, 0.15) is 5.38 Å². The van der Waals surface area contributed by atoms with Crippen LogP contribution >= 0.6 is 0 Å². The first-order valence-electron chi connectivity index (χ1n) is 7.39. The van der Waals surface area contributed by atoms with Gasteiger partial charge in [0.05, 0.1) is 6.26 Å². The van der Waals surface area contributed by atoms with E-state index in [9.17, 15) is 0 Å². The van der Waals surface area contributed by atoms with Crippen molar-refractivity contribution in [3.8, 4) is 0 Å². The molecule has 102 valence electrons. The highest BCUT2D eigenvalue weighted by atomic mass is 28.2. The van der Waals surface area contributed by atoms with Crippen LogP contribution in [0.15, 0.2) is 22.8 Å². The summed E-state index contributed by atoms with van der Waals surface area (Å²) < 4.78 is 11.7. The first-order valence-corrected chi connectivity index (χ1v) is 8.68. The highest BCUT2D eigenvalue weighted by molar-refractivity contribution is 6.45. The Balaban J connectivity index is 1.87. The maximum Gasteiger partial charge on any atom is 0.234 e. The predicted octanol–water partition coefficient (Wildman–Crippen LogP) is 3.00. The van der Waals surface area contributed by atoms with Crippen molar-refractivity contribution in [2.45, 2.75) is 58.5 Å². The van der Waals surface area contributed by atoms with Gasteiger partial charge in [-0.25, -0.2) is 0 Å². The minimum absolute atomic E-state index is 0.474. The van der Waals surface area contributed by atoms with E-state index in [0.717, 1.165) is 17.2 Å². The van der Waals surface area contributed by atoms with Crippen molar-refractivity contribution in [2.75, 3.05) is 0 Å². The lowest BCUT2D eigenvalue weighted by molar-refractivity contribution is 0.0938. The Morgan fingerprint density at radius 3 is 2.72 bits per heavy atom. The van der Waals surface area contributed by atoms with Gasteiger partial charge in [0.15, 0.2) is 0 Å². The molecule has 0 aromatic carbocycles. The Labute approximate surface area is 113 Å². The lowest BCUT2D eigenvalue weighted by atomic mass is 9.82. The molecule has 0 amide bonds. The maximum atomic E-state index is 6.28. The third-order valence-corrected chi connectivity index (χ3v) is 5.18. The molecule has 2 nitrogen and oxygen atoms in total. The molecule has 1 unspecified atom stereocenters. The Bertz CT molecular complexity index is 315. The second-order valence-electron chi connectivity index (χ2n) is 5.96. The lowest BCUT2D eigenvalue weighted by Gasteiger charge is -2.31. The van der Waals surface area contributed by atoms with Gasteiger partial charge in [0, 0.05) is 6.10 Å². The molecule has 1 fully saturated rings. The van der Waals surface area contributed by atoms with Crippen LogP contribution in [0.4, 0.5) is 0 Å². The van der Waals surface area contributed by atoms with Crippen molar-refractivity contribution in [1.82, 2.24) is 0 Å². The van der Waals surface area contributed by atoms with E-state index in [2.05, 4.69) is 19.9 Å². The molecular formula is C15H26O2Si. The SMILES string of the molecule is CC(C)CC(O[SiH2]c1ccco1)C1CCCCC1. The first-order chi connectivity index (χ1) is 8.75. The van der Waals surface area contributed by atoms with E-state index >= 15 is 0 Å². The van der Waals surface area contributed by atoms with Crippen molar-refractivity contribution in [2.24, 2.45) is 11.8 Å². The Morgan fingerprint density at radius 2 is 2.11 bits per heavy atom. The van der Waals surface area contributed by atoms with Gasteiger partial charge < -0.3 is 8.84 Å². The molecule has 1 aromatic heterocycles. The van der Waals surface area contributed by atoms with Crippen LogP contribution in [0.2, 0.25) is 0 Å². The van der Waals surface area contributed by atoms with Crippen molar-refractivity contribution in [3.05, 3.63) is 18.4 Å². The van der Waals surface area contributed by atoms with E-state index in [-0.39, 0.29) is 0 Å². The molecule has 0 spiro atoms. The van der Waals surface area contributed by atoms with Gasteiger partial charge >= 0.3 is 0 Å². The third-order valence-electron chi connectivity index (χ3n) is 3.90. The minimum Gasteiger partial charge on any atom is -0.472 e. The van der Waals surface area contributed by atoms with Crippen LogP contribution in [0.25, 0.3) is 0 Å². The maximum absolute atomic E-state index is 6.28. The fourth-order valence-electron chi connectivity index (χ4n) is 2.95. The highest BCUT2D eigenvalue weighted by Gasteiger charge is 2.25. The smallest absolute Gasteiger partial charge is 0.234 e. The van der Waals surface area contributed by atoms with E-state index in [1.54, 1.807) is 6.26 Å². The topological polar surface area (TPSA) is 22.4 Å². The average Bonchev–Trinajstić information content (AvgIpc) is 2.88. The first kappa shape index (κ1) is 13.9.